The molecule has 1 fully saturated rings. The van der Waals surface area contributed by atoms with Crippen molar-refractivity contribution >= 4 is 46.8 Å². The Morgan fingerprint density at radius 2 is 1.91 bits per heavy atom. The van der Waals surface area contributed by atoms with Crippen LogP contribution in [-0.2, 0) is 9.53 Å². The summed E-state index contributed by atoms with van der Waals surface area (Å²) in [6.45, 7) is 2.19. The second-order valence-corrected chi connectivity index (χ2v) is 8.33. The van der Waals surface area contributed by atoms with E-state index in [0.717, 1.165) is 11.8 Å². The smallest absolute Gasteiger partial charge is 0.342 e. The molecule has 170 valence electrons. The summed E-state index contributed by atoms with van der Waals surface area (Å²) in [6.07, 6.45) is 1.37. The molecule has 0 unspecified atom stereocenters. The standard InChI is InChI=1S/C21H17ClN4O6S/c22-15-3-1-13(2-4-15)19-23-24-21(32-19)33-18(20(27)28)12-14-11-16(26(29)30)5-6-17(14)25-7-9-31-10-8-25/h1-6,11-12H,7-10H2,(H,27,28)/b18-12-. The molecule has 12 heteroatoms. The fourth-order valence-corrected chi connectivity index (χ4v) is 3.98. The molecule has 2 aromatic carbocycles. The second kappa shape index (κ2) is 10.0. The molecule has 1 aromatic heterocycles. The van der Waals surface area contributed by atoms with Crippen LogP contribution in [0.2, 0.25) is 5.02 Å². The zero-order valence-corrected chi connectivity index (χ0v) is 18.6. The monoisotopic (exact) mass is 488 g/mol. The zero-order valence-electron chi connectivity index (χ0n) is 17.0. The maximum Gasteiger partial charge on any atom is 0.342 e. The molecule has 0 aliphatic carbocycles. The van der Waals surface area contributed by atoms with Crippen LogP contribution < -0.4 is 4.90 Å². The highest BCUT2D eigenvalue weighted by molar-refractivity contribution is 8.03. The number of nitrogens with zero attached hydrogens (tertiary/aromatic N) is 4. The van der Waals surface area contributed by atoms with Gasteiger partial charge in [-0.2, -0.15) is 0 Å². The van der Waals surface area contributed by atoms with E-state index in [4.69, 9.17) is 20.8 Å². The molecule has 0 atom stereocenters. The minimum absolute atomic E-state index is 0.0203. The number of ether oxygens (including phenoxy) is 1. The van der Waals surface area contributed by atoms with Crippen LogP contribution >= 0.6 is 23.4 Å². The predicted octanol–water partition coefficient (Wildman–Crippen LogP) is 4.35. The van der Waals surface area contributed by atoms with Crippen LogP contribution in [0.4, 0.5) is 11.4 Å². The molecule has 10 nitrogen and oxygen atoms in total. The van der Waals surface area contributed by atoms with E-state index in [1.165, 1.54) is 18.2 Å². The molecule has 0 bridgehead atoms. The van der Waals surface area contributed by atoms with Gasteiger partial charge in [-0.15, -0.1) is 10.2 Å². The molecule has 4 rings (SSSR count). The number of non-ortho nitro benzene ring substituents is 1. The number of carboxylic acids is 1. The maximum absolute atomic E-state index is 12.0. The number of aliphatic carboxylic acids is 1. The van der Waals surface area contributed by atoms with Crippen molar-refractivity contribution < 1.29 is 24.0 Å². The van der Waals surface area contributed by atoms with Gasteiger partial charge in [0, 0.05) is 47.1 Å². The zero-order chi connectivity index (χ0) is 23.4. The SMILES string of the molecule is O=C(O)/C(=C/c1cc([N+](=O)[O-])ccc1N1CCOCC1)Sc1nnc(-c2ccc(Cl)cc2)o1. The Labute approximate surface area is 197 Å². The molecule has 33 heavy (non-hydrogen) atoms. The average Bonchev–Trinajstić information content (AvgIpc) is 3.28. The molecular formula is C21H17ClN4O6S. The van der Waals surface area contributed by atoms with Crippen molar-refractivity contribution in [3.8, 4) is 11.5 Å². The first-order chi connectivity index (χ1) is 15.9. The van der Waals surface area contributed by atoms with Gasteiger partial charge in [0.15, 0.2) is 0 Å². The number of thioether (sulfide) groups is 1. The lowest BCUT2D eigenvalue weighted by Gasteiger charge is -2.30. The number of carbonyl (C=O) groups is 1. The number of hydrogen-bond acceptors (Lipinski definition) is 9. The molecule has 3 aromatic rings. The molecular weight excluding hydrogens is 472 g/mol. The second-order valence-electron chi connectivity index (χ2n) is 6.90. The minimum atomic E-state index is -1.23. The first-order valence-corrected chi connectivity index (χ1v) is 10.9. The number of anilines is 1. The number of benzene rings is 2. The summed E-state index contributed by atoms with van der Waals surface area (Å²) >= 11 is 6.65. The van der Waals surface area contributed by atoms with E-state index in [9.17, 15) is 20.0 Å². The summed E-state index contributed by atoms with van der Waals surface area (Å²) < 4.78 is 11.0. The summed E-state index contributed by atoms with van der Waals surface area (Å²) in [6, 6.07) is 11.1. The molecule has 1 aliphatic heterocycles. The Morgan fingerprint density at radius 3 is 2.58 bits per heavy atom. The van der Waals surface area contributed by atoms with E-state index < -0.39 is 10.9 Å². The minimum Gasteiger partial charge on any atom is -0.477 e. The van der Waals surface area contributed by atoms with Crippen LogP contribution in [0.15, 0.2) is 57.0 Å². The number of nitro groups is 1. The van der Waals surface area contributed by atoms with Crippen molar-refractivity contribution in [2.45, 2.75) is 5.22 Å². The van der Waals surface area contributed by atoms with Gasteiger partial charge in [-0.1, -0.05) is 11.6 Å². The molecule has 1 saturated heterocycles. The van der Waals surface area contributed by atoms with E-state index in [2.05, 4.69) is 10.2 Å². The Hall–Kier alpha value is -3.41. The van der Waals surface area contributed by atoms with Crippen LogP contribution in [0.1, 0.15) is 5.56 Å². The number of rotatable bonds is 7. The van der Waals surface area contributed by atoms with Gasteiger partial charge in [-0.3, -0.25) is 10.1 Å². The molecule has 0 radical (unpaired) electrons. The number of aromatic nitrogens is 2. The van der Waals surface area contributed by atoms with Gasteiger partial charge in [-0.25, -0.2) is 4.79 Å². The quantitative estimate of drug-likeness (QED) is 0.221. The summed E-state index contributed by atoms with van der Waals surface area (Å²) in [5.74, 6) is -1.02. The lowest BCUT2D eigenvalue weighted by molar-refractivity contribution is -0.384. The highest BCUT2D eigenvalue weighted by Gasteiger charge is 2.21. The van der Waals surface area contributed by atoms with E-state index in [1.807, 2.05) is 4.90 Å². The predicted molar refractivity (Wildman–Crippen MR) is 122 cm³/mol. The third-order valence-electron chi connectivity index (χ3n) is 4.77. The lowest BCUT2D eigenvalue weighted by atomic mass is 10.1. The molecule has 1 aliphatic rings. The van der Waals surface area contributed by atoms with E-state index >= 15 is 0 Å². The summed E-state index contributed by atoms with van der Waals surface area (Å²) in [5, 5.41) is 29.5. The van der Waals surface area contributed by atoms with Crippen molar-refractivity contribution in [1.82, 2.24) is 10.2 Å². The van der Waals surface area contributed by atoms with Gasteiger partial charge in [0.1, 0.15) is 4.91 Å². The number of nitro benzene ring substituents is 1. The van der Waals surface area contributed by atoms with Gasteiger partial charge in [0.2, 0.25) is 5.89 Å². The first-order valence-electron chi connectivity index (χ1n) is 9.74. The van der Waals surface area contributed by atoms with Gasteiger partial charge in [-0.05, 0) is 48.2 Å². The van der Waals surface area contributed by atoms with E-state index in [-0.39, 0.29) is 21.7 Å². The van der Waals surface area contributed by atoms with Crippen LogP contribution in [0, 0.1) is 10.1 Å². The maximum atomic E-state index is 12.0. The molecule has 2 heterocycles. The van der Waals surface area contributed by atoms with Crippen molar-refractivity contribution in [3.63, 3.8) is 0 Å². The Morgan fingerprint density at radius 1 is 1.18 bits per heavy atom. The third-order valence-corrected chi connectivity index (χ3v) is 5.87. The molecule has 0 spiro atoms. The highest BCUT2D eigenvalue weighted by Crippen LogP contribution is 2.34. The van der Waals surface area contributed by atoms with Crippen molar-refractivity contribution in [2.24, 2.45) is 0 Å². The van der Waals surface area contributed by atoms with Gasteiger partial charge in [0.25, 0.3) is 10.9 Å². The van der Waals surface area contributed by atoms with E-state index in [1.54, 1.807) is 30.3 Å². The number of carboxylic acid groups (broad SMARTS) is 1. The Bertz CT molecular complexity index is 1210. The largest absolute Gasteiger partial charge is 0.477 e. The normalized spacial score (nSPS) is 14.3. The van der Waals surface area contributed by atoms with Crippen LogP contribution in [0.3, 0.4) is 0 Å². The van der Waals surface area contributed by atoms with Gasteiger partial charge in [0.05, 0.1) is 18.1 Å². The summed E-state index contributed by atoms with van der Waals surface area (Å²) in [4.78, 5) is 24.6. The fourth-order valence-electron chi connectivity index (χ4n) is 3.19. The third kappa shape index (κ3) is 5.51. The average molecular weight is 489 g/mol. The molecule has 0 saturated carbocycles. The number of morpholine rings is 1. The van der Waals surface area contributed by atoms with Crippen molar-refractivity contribution in [2.75, 3.05) is 31.2 Å². The van der Waals surface area contributed by atoms with Crippen molar-refractivity contribution in [1.29, 1.82) is 0 Å². The topological polar surface area (TPSA) is 132 Å². The fraction of sp³-hybridized carbons (Fsp3) is 0.190. The molecule has 0 amide bonds. The van der Waals surface area contributed by atoms with Crippen molar-refractivity contribution in [3.05, 3.63) is 68.1 Å². The van der Waals surface area contributed by atoms with Crippen LogP contribution in [-0.4, -0.2) is 52.5 Å². The summed E-state index contributed by atoms with van der Waals surface area (Å²) in [5.41, 5.74) is 1.56. The number of hydrogen-bond donors (Lipinski definition) is 1. The van der Waals surface area contributed by atoms with E-state index in [0.29, 0.717) is 48.1 Å². The number of halogens is 1. The Balaban J connectivity index is 1.66. The van der Waals surface area contributed by atoms with Crippen LogP contribution in [0.25, 0.3) is 17.5 Å². The molecule has 1 N–H and O–H groups in total. The van der Waals surface area contributed by atoms with Gasteiger partial charge < -0.3 is 19.2 Å². The highest BCUT2D eigenvalue weighted by atomic mass is 35.5. The Kier molecular flexibility index (Phi) is 6.92. The summed E-state index contributed by atoms with van der Waals surface area (Å²) in [7, 11) is 0. The van der Waals surface area contributed by atoms with Gasteiger partial charge >= 0.3 is 5.97 Å². The lowest BCUT2D eigenvalue weighted by Crippen LogP contribution is -2.36. The van der Waals surface area contributed by atoms with Crippen LogP contribution in [0.5, 0.6) is 0 Å². The first kappa shape index (κ1) is 22.8.